The van der Waals surface area contributed by atoms with Crippen LogP contribution in [0.1, 0.15) is 56.4 Å². The van der Waals surface area contributed by atoms with Crippen LogP contribution in [0.4, 0.5) is 8.78 Å². The van der Waals surface area contributed by atoms with Crippen LogP contribution in [0.3, 0.4) is 0 Å². The number of aromatic amines is 1. The largest absolute Gasteiger partial charge is 0.338 e. The molecule has 0 unspecified atom stereocenters. The van der Waals surface area contributed by atoms with Crippen molar-refractivity contribution in [1.82, 2.24) is 24.4 Å². The van der Waals surface area contributed by atoms with Gasteiger partial charge in [0.05, 0.1) is 28.9 Å². The van der Waals surface area contributed by atoms with Crippen LogP contribution < -0.4 is 5.56 Å². The molecule has 0 saturated carbocycles. The fourth-order valence-electron chi connectivity index (χ4n) is 5.41. The number of rotatable bonds is 3. The molecule has 0 bridgehead atoms. The Kier molecular flexibility index (Phi) is 6.01. The first-order valence-electron chi connectivity index (χ1n) is 12.6. The molecule has 194 valence electrons. The molecule has 4 aromatic rings. The zero-order chi connectivity index (χ0) is 26.4. The summed E-state index contributed by atoms with van der Waals surface area (Å²) in [5, 5.41) is 3.15. The van der Waals surface area contributed by atoms with Gasteiger partial charge in [-0.1, -0.05) is 24.3 Å². The Hall–Kier alpha value is -4.34. The van der Waals surface area contributed by atoms with Crippen molar-refractivity contribution in [2.75, 3.05) is 19.6 Å². The van der Waals surface area contributed by atoms with Crippen molar-refractivity contribution >= 4 is 17.5 Å². The normalized spacial score (nSPS) is 17.5. The third-order valence-electron chi connectivity index (χ3n) is 7.43. The summed E-state index contributed by atoms with van der Waals surface area (Å²) in [6.07, 6.45) is 1.93. The highest BCUT2D eigenvalue weighted by atomic mass is 19.1. The predicted octanol–water partition coefficient (Wildman–Crippen LogP) is 3.52. The molecule has 0 aliphatic carbocycles. The van der Waals surface area contributed by atoms with Crippen LogP contribution in [0.5, 0.6) is 0 Å². The van der Waals surface area contributed by atoms with Gasteiger partial charge in [-0.15, -0.1) is 0 Å². The lowest BCUT2D eigenvalue weighted by atomic mass is 9.94. The maximum absolute atomic E-state index is 14.2. The van der Waals surface area contributed by atoms with E-state index in [9.17, 15) is 23.2 Å². The Bertz CT molecular complexity index is 1630. The lowest BCUT2D eigenvalue weighted by Crippen LogP contribution is -2.40. The summed E-state index contributed by atoms with van der Waals surface area (Å²) >= 11 is 0. The van der Waals surface area contributed by atoms with Gasteiger partial charge in [0.1, 0.15) is 11.6 Å². The Balaban J connectivity index is 1.26. The van der Waals surface area contributed by atoms with Crippen LogP contribution in [0.15, 0.2) is 59.4 Å². The van der Waals surface area contributed by atoms with Crippen LogP contribution in [-0.4, -0.2) is 55.8 Å². The minimum atomic E-state index is -0.599. The van der Waals surface area contributed by atoms with E-state index in [0.29, 0.717) is 43.0 Å². The standard InChI is InChI=1S/C28H25F2N5O3/c29-21-9-3-1-7-18(21)26(36)33-12-5-6-17(15-33)24-14-25-31-23-11-13-34(16-20(23)28(38)35(25)32-24)27(37)19-8-2-4-10-22(19)30/h1-4,7-10,14,17,32H,5-6,11-13,15-16H2/t17-/m1/s1. The number of nitrogens with zero attached hydrogens (tertiary/aromatic N) is 4. The van der Waals surface area contributed by atoms with Gasteiger partial charge in [0, 0.05) is 43.7 Å². The van der Waals surface area contributed by atoms with E-state index in [4.69, 9.17) is 0 Å². The first kappa shape index (κ1) is 24.0. The lowest BCUT2D eigenvalue weighted by Gasteiger charge is -2.32. The Morgan fingerprint density at radius 2 is 1.58 bits per heavy atom. The third-order valence-corrected chi connectivity index (χ3v) is 7.43. The Morgan fingerprint density at radius 1 is 0.921 bits per heavy atom. The van der Waals surface area contributed by atoms with E-state index in [0.717, 1.165) is 18.5 Å². The van der Waals surface area contributed by atoms with Gasteiger partial charge in [-0.25, -0.2) is 18.3 Å². The minimum absolute atomic E-state index is 0.0287. The van der Waals surface area contributed by atoms with Crippen LogP contribution in [-0.2, 0) is 13.0 Å². The third kappa shape index (κ3) is 4.15. The number of hydrogen-bond acceptors (Lipinski definition) is 4. The van der Waals surface area contributed by atoms with Crippen molar-refractivity contribution in [1.29, 1.82) is 0 Å². The van der Waals surface area contributed by atoms with Gasteiger partial charge in [-0.2, -0.15) is 0 Å². The van der Waals surface area contributed by atoms with Crippen molar-refractivity contribution in [2.24, 2.45) is 0 Å². The van der Waals surface area contributed by atoms with Crippen molar-refractivity contribution in [3.05, 3.63) is 105 Å². The summed E-state index contributed by atoms with van der Waals surface area (Å²) in [6, 6.07) is 13.6. The molecule has 8 nitrogen and oxygen atoms in total. The number of carbonyl (C=O) groups excluding carboxylic acids is 2. The molecule has 1 saturated heterocycles. The van der Waals surface area contributed by atoms with E-state index in [1.807, 2.05) is 6.07 Å². The zero-order valence-electron chi connectivity index (χ0n) is 20.5. The molecule has 1 atom stereocenters. The van der Waals surface area contributed by atoms with Gasteiger partial charge in [0.2, 0.25) is 0 Å². The fourth-order valence-corrected chi connectivity index (χ4v) is 5.41. The summed E-state index contributed by atoms with van der Waals surface area (Å²) in [4.78, 5) is 47.1. The molecule has 2 aromatic heterocycles. The maximum atomic E-state index is 14.2. The Morgan fingerprint density at radius 3 is 2.26 bits per heavy atom. The van der Waals surface area contributed by atoms with Gasteiger partial charge in [0.25, 0.3) is 17.4 Å². The number of H-pyrrole nitrogens is 1. The summed E-state index contributed by atoms with van der Waals surface area (Å²) in [5.74, 6) is -2.04. The number of fused-ring (bicyclic) bond motifs is 2. The molecule has 10 heteroatoms. The number of nitrogens with one attached hydrogen (secondary N) is 1. The number of piperidine rings is 1. The molecular formula is C28H25F2N5O3. The number of likely N-dealkylation sites (tertiary alicyclic amines) is 1. The number of carbonyl (C=O) groups is 2. The average molecular weight is 518 g/mol. The molecule has 1 fully saturated rings. The molecule has 2 aliphatic rings. The topological polar surface area (TPSA) is 90.8 Å². The molecular weight excluding hydrogens is 492 g/mol. The molecule has 6 rings (SSSR count). The monoisotopic (exact) mass is 517 g/mol. The van der Waals surface area contributed by atoms with E-state index < -0.39 is 17.5 Å². The minimum Gasteiger partial charge on any atom is -0.338 e. The number of benzene rings is 2. The summed E-state index contributed by atoms with van der Waals surface area (Å²) in [7, 11) is 0. The van der Waals surface area contributed by atoms with E-state index in [1.54, 1.807) is 23.1 Å². The van der Waals surface area contributed by atoms with Gasteiger partial charge in [-0.05, 0) is 37.1 Å². The average Bonchev–Trinajstić information content (AvgIpc) is 3.37. The molecule has 0 radical (unpaired) electrons. The smallest absolute Gasteiger partial charge is 0.277 e. The maximum Gasteiger partial charge on any atom is 0.277 e. The van der Waals surface area contributed by atoms with Gasteiger partial charge in [-0.3, -0.25) is 19.5 Å². The molecule has 2 aromatic carbocycles. The molecule has 4 heterocycles. The van der Waals surface area contributed by atoms with Gasteiger partial charge < -0.3 is 9.80 Å². The molecule has 2 amide bonds. The lowest BCUT2D eigenvalue weighted by molar-refractivity contribution is 0.0698. The summed E-state index contributed by atoms with van der Waals surface area (Å²) in [6.45, 7) is 1.29. The molecule has 2 aliphatic heterocycles. The summed E-state index contributed by atoms with van der Waals surface area (Å²) < 4.78 is 29.7. The first-order chi connectivity index (χ1) is 18.4. The van der Waals surface area contributed by atoms with E-state index in [-0.39, 0.29) is 35.1 Å². The first-order valence-corrected chi connectivity index (χ1v) is 12.6. The fraction of sp³-hybridized carbons (Fsp3) is 0.286. The van der Waals surface area contributed by atoms with Crippen LogP contribution in [0.25, 0.3) is 5.65 Å². The number of hydrogen-bond donors (Lipinski definition) is 1. The molecule has 1 N–H and O–H groups in total. The zero-order valence-corrected chi connectivity index (χ0v) is 20.5. The highest BCUT2D eigenvalue weighted by molar-refractivity contribution is 5.95. The second-order valence-electron chi connectivity index (χ2n) is 9.77. The van der Waals surface area contributed by atoms with Gasteiger partial charge >= 0.3 is 0 Å². The predicted molar refractivity (Wildman–Crippen MR) is 135 cm³/mol. The highest BCUT2D eigenvalue weighted by Gasteiger charge is 2.30. The second-order valence-corrected chi connectivity index (χ2v) is 9.77. The Labute approximate surface area is 216 Å². The quantitative estimate of drug-likeness (QED) is 0.450. The van der Waals surface area contributed by atoms with E-state index >= 15 is 0 Å². The summed E-state index contributed by atoms with van der Waals surface area (Å²) in [5.41, 5.74) is 1.96. The van der Waals surface area contributed by atoms with Crippen molar-refractivity contribution in [2.45, 2.75) is 31.7 Å². The van der Waals surface area contributed by atoms with Crippen LogP contribution >= 0.6 is 0 Å². The second kappa shape index (κ2) is 9.51. The number of halogens is 2. The highest BCUT2D eigenvalue weighted by Crippen LogP contribution is 2.28. The van der Waals surface area contributed by atoms with Crippen molar-refractivity contribution in [3.63, 3.8) is 0 Å². The van der Waals surface area contributed by atoms with E-state index in [2.05, 4.69) is 10.1 Å². The van der Waals surface area contributed by atoms with Crippen molar-refractivity contribution < 1.29 is 18.4 Å². The molecule has 0 spiro atoms. The molecule has 38 heavy (non-hydrogen) atoms. The van der Waals surface area contributed by atoms with Gasteiger partial charge in [0.15, 0.2) is 5.65 Å². The SMILES string of the molecule is O=C(c1ccccc1F)N1CCc2nc3cc([C@@H]4CCCN(C(=O)c5ccccc5F)C4)[nH]n3c(=O)c2C1. The van der Waals surface area contributed by atoms with Crippen LogP contribution in [0, 0.1) is 11.6 Å². The van der Waals surface area contributed by atoms with Crippen molar-refractivity contribution in [3.8, 4) is 0 Å². The number of amides is 2. The van der Waals surface area contributed by atoms with E-state index in [1.165, 1.54) is 39.7 Å². The van der Waals surface area contributed by atoms with Crippen LogP contribution in [0.2, 0.25) is 0 Å². The number of aromatic nitrogens is 3.